The second-order valence-corrected chi connectivity index (χ2v) is 8.50. The van der Waals surface area contributed by atoms with Crippen LogP contribution in [-0.2, 0) is 0 Å². The molecule has 0 amide bonds. The fraction of sp³-hybridized carbons (Fsp3) is 0.143. The van der Waals surface area contributed by atoms with Crippen molar-refractivity contribution >= 4 is 18.4 Å². The lowest BCUT2D eigenvalue weighted by Gasteiger charge is -2.26. The first kappa shape index (κ1) is 11.1. The lowest BCUT2D eigenvalue weighted by Crippen LogP contribution is -2.61. The Morgan fingerprint density at radius 2 is 1.19 bits per heavy atom. The van der Waals surface area contributed by atoms with Gasteiger partial charge in [0.05, 0.1) is 0 Å². The monoisotopic (exact) mass is 227 g/mol. The molecule has 0 aliphatic carbocycles. The van der Waals surface area contributed by atoms with E-state index in [9.17, 15) is 0 Å². The first-order valence-corrected chi connectivity index (χ1v) is 8.29. The van der Waals surface area contributed by atoms with Crippen LogP contribution in [0.4, 0.5) is 0 Å². The van der Waals surface area contributed by atoms with Gasteiger partial charge in [-0.25, -0.2) is 0 Å². The summed E-state index contributed by atoms with van der Waals surface area (Å²) in [6, 6.07) is 21.3. The number of nitrogens with two attached hydrogens (primary N) is 1. The highest BCUT2D eigenvalue weighted by atomic mass is 28.3. The van der Waals surface area contributed by atoms with Crippen LogP contribution >= 0.6 is 0 Å². The van der Waals surface area contributed by atoms with Gasteiger partial charge in [-0.3, -0.25) is 0 Å². The number of rotatable bonds is 3. The highest BCUT2D eigenvalue weighted by Crippen LogP contribution is 2.03. The Balaban J connectivity index is 2.49. The van der Waals surface area contributed by atoms with Gasteiger partial charge in [0, 0.05) is 0 Å². The summed E-state index contributed by atoms with van der Waals surface area (Å²) in [5.41, 5.74) is 6.03. The molecule has 0 bridgehead atoms. The van der Waals surface area contributed by atoms with E-state index in [4.69, 9.17) is 5.73 Å². The smallest absolute Gasteiger partial charge is 0.128 e. The van der Waals surface area contributed by atoms with Crippen LogP contribution < -0.4 is 16.1 Å². The van der Waals surface area contributed by atoms with E-state index < -0.39 is 8.07 Å². The van der Waals surface area contributed by atoms with Crippen molar-refractivity contribution in [3.63, 3.8) is 0 Å². The summed E-state index contributed by atoms with van der Waals surface area (Å²) in [6.45, 7) is 2.33. The van der Waals surface area contributed by atoms with Crippen LogP contribution in [0, 0.1) is 0 Å². The summed E-state index contributed by atoms with van der Waals surface area (Å²) in [5, 5.41) is 2.81. The Bertz CT molecular complexity index is 399. The molecule has 0 spiro atoms. The predicted octanol–water partition coefficient (Wildman–Crippen LogP) is 1.38. The van der Waals surface area contributed by atoms with Gasteiger partial charge in [0.15, 0.2) is 0 Å². The van der Waals surface area contributed by atoms with Crippen molar-refractivity contribution in [1.82, 2.24) is 0 Å². The van der Waals surface area contributed by atoms with Crippen molar-refractivity contribution in [2.45, 2.75) is 6.55 Å². The Morgan fingerprint density at radius 1 is 0.812 bits per heavy atom. The van der Waals surface area contributed by atoms with Gasteiger partial charge in [0.25, 0.3) is 0 Å². The molecule has 1 nitrogen and oxygen atoms in total. The molecule has 2 aromatic rings. The molecule has 2 heteroatoms. The van der Waals surface area contributed by atoms with E-state index in [-0.39, 0.29) is 0 Å². The molecule has 0 unspecified atom stereocenters. The van der Waals surface area contributed by atoms with Crippen molar-refractivity contribution < 1.29 is 0 Å². The zero-order chi connectivity index (χ0) is 11.4. The van der Waals surface area contributed by atoms with Crippen LogP contribution in [0.25, 0.3) is 0 Å². The first-order chi connectivity index (χ1) is 7.77. The second kappa shape index (κ2) is 4.64. The minimum absolute atomic E-state index is 0.751. The number of benzene rings is 2. The van der Waals surface area contributed by atoms with E-state index in [0.29, 0.717) is 0 Å². The van der Waals surface area contributed by atoms with Crippen LogP contribution in [0.1, 0.15) is 0 Å². The topological polar surface area (TPSA) is 26.0 Å². The van der Waals surface area contributed by atoms with Crippen LogP contribution in [-0.4, -0.2) is 14.2 Å². The van der Waals surface area contributed by atoms with Gasteiger partial charge in [-0.1, -0.05) is 77.6 Å². The molecule has 0 aliphatic heterocycles. The summed E-state index contributed by atoms with van der Waals surface area (Å²) >= 11 is 0. The van der Waals surface area contributed by atoms with Crippen molar-refractivity contribution in [3.8, 4) is 0 Å². The van der Waals surface area contributed by atoms with E-state index in [1.54, 1.807) is 0 Å². The highest BCUT2D eigenvalue weighted by molar-refractivity contribution is 7.01. The van der Waals surface area contributed by atoms with Crippen LogP contribution in [0.2, 0.25) is 6.55 Å². The lowest BCUT2D eigenvalue weighted by atomic mass is 10.4. The molecule has 0 aliphatic rings. The van der Waals surface area contributed by atoms with Crippen molar-refractivity contribution in [3.05, 3.63) is 60.7 Å². The van der Waals surface area contributed by atoms with Gasteiger partial charge in [-0.15, -0.1) is 0 Å². The van der Waals surface area contributed by atoms with Crippen LogP contribution in [0.3, 0.4) is 0 Å². The molecule has 0 saturated heterocycles. The quantitative estimate of drug-likeness (QED) is 0.788. The molecule has 82 valence electrons. The summed E-state index contributed by atoms with van der Waals surface area (Å²) in [7, 11) is -1.70. The van der Waals surface area contributed by atoms with E-state index in [1.165, 1.54) is 10.4 Å². The normalized spacial score (nSPS) is 11.4. The fourth-order valence-electron chi connectivity index (χ4n) is 2.01. The van der Waals surface area contributed by atoms with Gasteiger partial charge in [-0.05, 0) is 6.17 Å². The van der Waals surface area contributed by atoms with E-state index in [2.05, 4.69) is 67.2 Å². The third-order valence-electron chi connectivity index (χ3n) is 3.23. The van der Waals surface area contributed by atoms with Crippen molar-refractivity contribution in [1.29, 1.82) is 0 Å². The lowest BCUT2D eigenvalue weighted by molar-refractivity contribution is 1.32. The maximum Gasteiger partial charge on any atom is 0.128 e. The molecule has 2 aromatic carbocycles. The Kier molecular flexibility index (Phi) is 3.22. The van der Waals surface area contributed by atoms with Crippen molar-refractivity contribution in [2.24, 2.45) is 5.73 Å². The summed E-state index contributed by atoms with van der Waals surface area (Å²) in [5.74, 6) is 0. The van der Waals surface area contributed by atoms with E-state index in [1.807, 2.05) is 0 Å². The molecule has 0 radical (unpaired) electrons. The zero-order valence-electron chi connectivity index (χ0n) is 9.56. The molecule has 16 heavy (non-hydrogen) atoms. The molecule has 2 N–H and O–H groups in total. The molecule has 0 saturated carbocycles. The first-order valence-electron chi connectivity index (χ1n) is 5.58. The molecule has 0 aromatic heterocycles. The third-order valence-corrected chi connectivity index (χ3v) is 7.26. The zero-order valence-corrected chi connectivity index (χ0v) is 10.6. The minimum Gasteiger partial charge on any atom is -0.332 e. The Labute approximate surface area is 97.9 Å². The number of hydrogen-bond acceptors (Lipinski definition) is 1. The van der Waals surface area contributed by atoms with Gasteiger partial charge in [0.2, 0.25) is 0 Å². The predicted molar refractivity (Wildman–Crippen MR) is 72.8 cm³/mol. The summed E-state index contributed by atoms with van der Waals surface area (Å²) in [4.78, 5) is 0. The summed E-state index contributed by atoms with van der Waals surface area (Å²) in [6.07, 6.45) is 0.751. The Hall–Kier alpha value is -1.38. The molecular weight excluding hydrogens is 210 g/mol. The average Bonchev–Trinajstić information content (AvgIpc) is 2.40. The summed E-state index contributed by atoms with van der Waals surface area (Å²) < 4.78 is 0. The number of hydrogen-bond donors (Lipinski definition) is 1. The molecule has 0 heterocycles. The second-order valence-electron chi connectivity index (χ2n) is 4.27. The Morgan fingerprint density at radius 3 is 1.50 bits per heavy atom. The van der Waals surface area contributed by atoms with E-state index >= 15 is 0 Å². The highest BCUT2D eigenvalue weighted by Gasteiger charge is 2.29. The third kappa shape index (κ3) is 1.94. The molecular formula is C14H17NSi. The van der Waals surface area contributed by atoms with E-state index in [0.717, 1.165) is 6.17 Å². The van der Waals surface area contributed by atoms with Gasteiger partial charge < -0.3 is 5.73 Å². The maximum atomic E-state index is 6.03. The van der Waals surface area contributed by atoms with Gasteiger partial charge in [-0.2, -0.15) is 0 Å². The average molecular weight is 227 g/mol. The molecule has 0 fully saturated rings. The SMILES string of the molecule is C[Si](CN)(c1ccccc1)c1ccccc1. The van der Waals surface area contributed by atoms with Crippen LogP contribution in [0.5, 0.6) is 0 Å². The van der Waals surface area contributed by atoms with Gasteiger partial charge >= 0.3 is 0 Å². The van der Waals surface area contributed by atoms with Gasteiger partial charge in [0.1, 0.15) is 8.07 Å². The van der Waals surface area contributed by atoms with Crippen molar-refractivity contribution in [2.75, 3.05) is 6.17 Å². The molecule has 2 rings (SSSR count). The maximum absolute atomic E-state index is 6.03. The standard InChI is InChI=1S/C14H17NSi/c1-16(12-15,13-8-4-2-5-9-13)14-10-6-3-7-11-14/h2-11H,12,15H2,1H3. The largest absolute Gasteiger partial charge is 0.332 e. The minimum atomic E-state index is -1.70. The fourth-order valence-corrected chi connectivity index (χ4v) is 4.68. The molecule has 0 atom stereocenters. The van der Waals surface area contributed by atoms with Crippen LogP contribution in [0.15, 0.2) is 60.7 Å².